The van der Waals surface area contributed by atoms with Gasteiger partial charge in [-0.3, -0.25) is 4.90 Å². The highest BCUT2D eigenvalue weighted by molar-refractivity contribution is 7.89. The maximum absolute atomic E-state index is 12.7. The second-order valence-corrected chi connectivity index (χ2v) is 8.44. The fraction of sp³-hybridized carbons (Fsp3) is 1.00. The van der Waals surface area contributed by atoms with Crippen LogP contribution in [0.15, 0.2) is 0 Å². The van der Waals surface area contributed by atoms with Crippen molar-refractivity contribution in [2.75, 3.05) is 52.6 Å². The molecule has 0 aromatic carbocycles. The third-order valence-corrected chi connectivity index (χ3v) is 7.31. The van der Waals surface area contributed by atoms with Gasteiger partial charge in [-0.1, -0.05) is 13.3 Å². The first-order valence-corrected chi connectivity index (χ1v) is 9.51. The Kier molecular flexibility index (Phi) is 4.85. The molecule has 7 heteroatoms. The van der Waals surface area contributed by atoms with Crippen LogP contribution in [0.1, 0.15) is 19.8 Å². The molecule has 0 amide bonds. The summed E-state index contributed by atoms with van der Waals surface area (Å²) >= 11 is 0. The van der Waals surface area contributed by atoms with Gasteiger partial charge < -0.3 is 9.47 Å². The van der Waals surface area contributed by atoms with Gasteiger partial charge in [0.15, 0.2) is 0 Å². The van der Waals surface area contributed by atoms with Crippen molar-refractivity contribution in [1.29, 1.82) is 0 Å². The summed E-state index contributed by atoms with van der Waals surface area (Å²) in [6.07, 6.45) is 1.66. The standard InChI is InChI=1S/C14H26N2O4S/c1-2-12-9-16(21(17,18)13-3-6-20-11-13)10-14(12)15-4-7-19-8-5-15/h12-14H,2-11H2,1H3. The van der Waals surface area contributed by atoms with Crippen LogP contribution in [0.5, 0.6) is 0 Å². The number of sulfonamides is 1. The highest BCUT2D eigenvalue weighted by Gasteiger charge is 2.44. The lowest BCUT2D eigenvalue weighted by Crippen LogP contribution is -2.47. The van der Waals surface area contributed by atoms with E-state index < -0.39 is 10.0 Å². The fourth-order valence-corrected chi connectivity index (χ4v) is 5.55. The number of hydrogen-bond donors (Lipinski definition) is 0. The Hall–Kier alpha value is -0.210. The normalized spacial score (nSPS) is 36.3. The van der Waals surface area contributed by atoms with Crippen molar-refractivity contribution in [3.63, 3.8) is 0 Å². The first kappa shape index (κ1) is 15.7. The number of hydrogen-bond acceptors (Lipinski definition) is 5. The SMILES string of the molecule is CCC1CN(S(=O)(=O)C2CCOC2)CC1N1CCOCC1. The number of nitrogens with zero attached hydrogens (tertiary/aromatic N) is 2. The summed E-state index contributed by atoms with van der Waals surface area (Å²) in [5.74, 6) is 0.431. The quantitative estimate of drug-likeness (QED) is 0.738. The van der Waals surface area contributed by atoms with Crippen LogP contribution in [0.3, 0.4) is 0 Å². The van der Waals surface area contributed by atoms with Crippen LogP contribution < -0.4 is 0 Å². The molecule has 21 heavy (non-hydrogen) atoms. The zero-order chi connectivity index (χ0) is 14.9. The van der Waals surface area contributed by atoms with E-state index in [0.717, 1.165) is 32.7 Å². The third-order valence-electron chi connectivity index (χ3n) is 5.08. The van der Waals surface area contributed by atoms with Crippen molar-refractivity contribution in [3.8, 4) is 0 Å². The largest absolute Gasteiger partial charge is 0.380 e. The Morgan fingerprint density at radius 2 is 1.86 bits per heavy atom. The van der Waals surface area contributed by atoms with Gasteiger partial charge >= 0.3 is 0 Å². The Balaban J connectivity index is 1.70. The summed E-state index contributed by atoms with van der Waals surface area (Å²) < 4.78 is 37.9. The summed E-state index contributed by atoms with van der Waals surface area (Å²) in [4.78, 5) is 2.42. The number of ether oxygens (including phenoxy) is 2. The molecule has 122 valence electrons. The van der Waals surface area contributed by atoms with Gasteiger partial charge in [-0.25, -0.2) is 8.42 Å². The molecule has 0 spiro atoms. The molecule has 3 fully saturated rings. The van der Waals surface area contributed by atoms with Crippen molar-refractivity contribution in [1.82, 2.24) is 9.21 Å². The molecule has 0 aromatic rings. The highest BCUT2D eigenvalue weighted by Crippen LogP contribution is 2.30. The van der Waals surface area contributed by atoms with E-state index in [1.807, 2.05) is 0 Å². The molecule has 0 N–H and O–H groups in total. The van der Waals surface area contributed by atoms with E-state index in [2.05, 4.69) is 11.8 Å². The molecule has 3 aliphatic rings. The molecule has 0 aromatic heterocycles. The minimum atomic E-state index is -3.20. The molecule has 3 heterocycles. The average molecular weight is 318 g/mol. The maximum atomic E-state index is 12.7. The Bertz CT molecular complexity index is 444. The topological polar surface area (TPSA) is 59.1 Å². The minimum Gasteiger partial charge on any atom is -0.380 e. The lowest BCUT2D eigenvalue weighted by molar-refractivity contribution is 0.0109. The highest BCUT2D eigenvalue weighted by atomic mass is 32.2. The molecule has 0 aliphatic carbocycles. The first-order chi connectivity index (χ1) is 10.1. The lowest BCUT2D eigenvalue weighted by Gasteiger charge is -2.34. The summed E-state index contributed by atoms with van der Waals surface area (Å²) in [6, 6.07) is 0.344. The Labute approximate surface area is 127 Å². The molecule has 0 bridgehead atoms. The van der Waals surface area contributed by atoms with Crippen molar-refractivity contribution < 1.29 is 17.9 Å². The number of rotatable bonds is 4. The zero-order valence-electron chi connectivity index (χ0n) is 12.7. The molecule has 0 radical (unpaired) electrons. The summed E-state index contributed by atoms with van der Waals surface area (Å²) in [5.41, 5.74) is 0. The van der Waals surface area contributed by atoms with Crippen LogP contribution in [-0.2, 0) is 19.5 Å². The van der Waals surface area contributed by atoms with Gasteiger partial charge in [-0.15, -0.1) is 0 Å². The Morgan fingerprint density at radius 1 is 1.10 bits per heavy atom. The molecule has 3 unspecified atom stereocenters. The first-order valence-electron chi connectivity index (χ1n) is 8.01. The van der Waals surface area contributed by atoms with Crippen molar-refractivity contribution in [3.05, 3.63) is 0 Å². The second kappa shape index (κ2) is 6.50. The van der Waals surface area contributed by atoms with Crippen LogP contribution in [0.2, 0.25) is 0 Å². The predicted molar refractivity (Wildman–Crippen MR) is 79.7 cm³/mol. The molecule has 3 atom stereocenters. The van der Waals surface area contributed by atoms with E-state index in [1.54, 1.807) is 4.31 Å². The van der Waals surface area contributed by atoms with E-state index >= 15 is 0 Å². The molecule has 0 saturated carbocycles. The van der Waals surface area contributed by atoms with Crippen molar-refractivity contribution in [2.45, 2.75) is 31.1 Å². The smallest absolute Gasteiger partial charge is 0.219 e. The van der Waals surface area contributed by atoms with Crippen LogP contribution in [0.25, 0.3) is 0 Å². The van der Waals surface area contributed by atoms with Gasteiger partial charge in [0.2, 0.25) is 10.0 Å². The van der Waals surface area contributed by atoms with E-state index in [0.29, 0.717) is 44.7 Å². The molecular formula is C14H26N2O4S. The summed E-state index contributed by atoms with van der Waals surface area (Å²) in [7, 11) is -3.20. The monoisotopic (exact) mass is 318 g/mol. The van der Waals surface area contributed by atoms with Gasteiger partial charge in [0.05, 0.1) is 19.8 Å². The summed E-state index contributed by atoms with van der Waals surface area (Å²) in [6.45, 7) is 7.75. The molecule has 6 nitrogen and oxygen atoms in total. The van der Waals surface area contributed by atoms with E-state index in [9.17, 15) is 8.42 Å². The van der Waals surface area contributed by atoms with E-state index in [4.69, 9.17) is 9.47 Å². The molecule has 3 aliphatic heterocycles. The fourth-order valence-electron chi connectivity index (χ4n) is 3.71. The molecular weight excluding hydrogens is 292 g/mol. The third kappa shape index (κ3) is 3.12. The second-order valence-electron chi connectivity index (χ2n) is 6.23. The number of morpholine rings is 1. The van der Waals surface area contributed by atoms with Crippen LogP contribution >= 0.6 is 0 Å². The Morgan fingerprint density at radius 3 is 2.48 bits per heavy atom. The predicted octanol–water partition coefficient (Wildman–Crippen LogP) is 0.148. The van der Waals surface area contributed by atoms with Crippen molar-refractivity contribution >= 4 is 10.0 Å². The molecule has 3 saturated heterocycles. The average Bonchev–Trinajstić information content (AvgIpc) is 3.18. The molecule has 3 rings (SSSR count). The van der Waals surface area contributed by atoms with E-state index in [1.165, 1.54) is 0 Å². The van der Waals surface area contributed by atoms with E-state index in [-0.39, 0.29) is 5.25 Å². The van der Waals surface area contributed by atoms with Crippen LogP contribution in [0.4, 0.5) is 0 Å². The van der Waals surface area contributed by atoms with Gasteiger partial charge in [0.25, 0.3) is 0 Å². The van der Waals surface area contributed by atoms with Crippen LogP contribution in [-0.4, -0.2) is 81.5 Å². The summed E-state index contributed by atoms with van der Waals surface area (Å²) in [5, 5.41) is -0.335. The zero-order valence-corrected chi connectivity index (χ0v) is 13.6. The van der Waals surface area contributed by atoms with Gasteiger partial charge in [0.1, 0.15) is 5.25 Å². The van der Waals surface area contributed by atoms with Gasteiger partial charge in [0, 0.05) is 38.8 Å². The van der Waals surface area contributed by atoms with Crippen LogP contribution in [0, 0.1) is 5.92 Å². The van der Waals surface area contributed by atoms with Gasteiger partial charge in [-0.05, 0) is 12.3 Å². The van der Waals surface area contributed by atoms with Gasteiger partial charge in [-0.2, -0.15) is 4.31 Å². The minimum absolute atomic E-state index is 0.335. The van der Waals surface area contributed by atoms with Crippen molar-refractivity contribution in [2.24, 2.45) is 5.92 Å². The maximum Gasteiger partial charge on any atom is 0.219 e. The lowest BCUT2D eigenvalue weighted by atomic mass is 9.99.